The number of hydrogen-bond acceptors (Lipinski definition) is 6. The number of amides is 1. The number of benzene rings is 2. The highest BCUT2D eigenvalue weighted by Crippen LogP contribution is 2.29. The van der Waals surface area contributed by atoms with E-state index in [1.165, 1.54) is 31.2 Å². The van der Waals surface area contributed by atoms with Crippen LogP contribution in [0, 0.1) is 22.9 Å². The first kappa shape index (κ1) is 19.8. The molecule has 9 heteroatoms. The highest BCUT2D eigenvalue weighted by molar-refractivity contribution is 5.94. The van der Waals surface area contributed by atoms with Crippen LogP contribution in [0.25, 0.3) is 0 Å². The van der Waals surface area contributed by atoms with Crippen LogP contribution in [0.4, 0.5) is 15.8 Å². The van der Waals surface area contributed by atoms with Crippen molar-refractivity contribution in [3.63, 3.8) is 0 Å². The molecule has 0 spiro atoms. The molecule has 0 aromatic heterocycles. The van der Waals surface area contributed by atoms with E-state index >= 15 is 0 Å². The van der Waals surface area contributed by atoms with Crippen LogP contribution in [-0.4, -0.2) is 30.0 Å². The zero-order chi connectivity index (χ0) is 20.1. The van der Waals surface area contributed by atoms with Crippen LogP contribution in [0.15, 0.2) is 36.4 Å². The molecule has 0 saturated heterocycles. The molecule has 0 aliphatic carbocycles. The first-order valence-electron chi connectivity index (χ1n) is 7.83. The topological polar surface area (TPSA) is 108 Å². The number of aryl methyl sites for hydroxylation is 1. The van der Waals surface area contributed by atoms with E-state index in [4.69, 9.17) is 4.74 Å². The van der Waals surface area contributed by atoms with Crippen LogP contribution in [0.1, 0.15) is 22.8 Å². The number of anilines is 1. The molecule has 2 aromatic carbocycles. The van der Waals surface area contributed by atoms with E-state index in [0.29, 0.717) is 5.56 Å². The van der Waals surface area contributed by atoms with Gasteiger partial charge in [0.15, 0.2) is 11.9 Å². The predicted molar refractivity (Wildman–Crippen MR) is 94.3 cm³/mol. The van der Waals surface area contributed by atoms with E-state index < -0.39 is 34.4 Å². The fourth-order valence-electron chi connectivity index (χ4n) is 2.16. The summed E-state index contributed by atoms with van der Waals surface area (Å²) in [5.41, 5.74) is 0.149. The standard InChI is InChI=1S/C18H17FN2O6/c1-10-4-6-13(9-14(10)19)20-17(22)11(2)27-16-7-5-12(18(23)26-3)8-15(16)21(24)25/h4-9,11H,1-3H3,(H,20,22)/t11-/m0/s1. The van der Waals surface area contributed by atoms with E-state index in [9.17, 15) is 24.1 Å². The normalized spacial score (nSPS) is 11.4. The molecule has 0 aliphatic heterocycles. The van der Waals surface area contributed by atoms with Gasteiger partial charge in [-0.25, -0.2) is 9.18 Å². The molecule has 0 fully saturated rings. The zero-order valence-electron chi connectivity index (χ0n) is 14.8. The first-order chi connectivity index (χ1) is 12.7. The fraction of sp³-hybridized carbons (Fsp3) is 0.222. The zero-order valence-corrected chi connectivity index (χ0v) is 14.8. The minimum Gasteiger partial charge on any atom is -0.474 e. The van der Waals surface area contributed by atoms with Gasteiger partial charge in [-0.05, 0) is 43.7 Å². The van der Waals surface area contributed by atoms with E-state index in [2.05, 4.69) is 10.1 Å². The Bertz CT molecular complexity index is 899. The molecule has 0 radical (unpaired) electrons. The molecule has 0 unspecified atom stereocenters. The Balaban J connectivity index is 2.17. The SMILES string of the molecule is COC(=O)c1ccc(O[C@@H](C)C(=O)Nc2ccc(C)c(F)c2)c([N+](=O)[O-])c1. The van der Waals surface area contributed by atoms with E-state index in [1.807, 2.05) is 0 Å². The summed E-state index contributed by atoms with van der Waals surface area (Å²) in [5.74, 6) is -2.03. The average molecular weight is 376 g/mol. The lowest BCUT2D eigenvalue weighted by Gasteiger charge is -2.15. The molecule has 2 aromatic rings. The van der Waals surface area contributed by atoms with Crippen molar-refractivity contribution >= 4 is 23.3 Å². The number of carbonyl (C=O) groups excluding carboxylic acids is 2. The smallest absolute Gasteiger partial charge is 0.338 e. The highest BCUT2D eigenvalue weighted by atomic mass is 19.1. The van der Waals surface area contributed by atoms with Crippen molar-refractivity contribution in [1.29, 1.82) is 0 Å². The maximum Gasteiger partial charge on any atom is 0.338 e. The molecule has 1 atom stereocenters. The summed E-state index contributed by atoms with van der Waals surface area (Å²) in [4.78, 5) is 34.2. The third-order valence-corrected chi connectivity index (χ3v) is 3.69. The maximum atomic E-state index is 13.6. The van der Waals surface area contributed by atoms with E-state index in [0.717, 1.165) is 19.2 Å². The number of halogens is 1. The van der Waals surface area contributed by atoms with Crippen molar-refractivity contribution in [3.8, 4) is 5.75 Å². The molecule has 0 aliphatic rings. The van der Waals surface area contributed by atoms with Gasteiger partial charge >= 0.3 is 11.7 Å². The fourth-order valence-corrected chi connectivity index (χ4v) is 2.16. The van der Waals surface area contributed by atoms with Gasteiger partial charge in [0, 0.05) is 11.8 Å². The number of esters is 1. The third kappa shape index (κ3) is 4.78. The summed E-state index contributed by atoms with van der Waals surface area (Å²) in [6.07, 6.45) is -1.11. The van der Waals surface area contributed by atoms with Crippen LogP contribution in [0.5, 0.6) is 5.75 Å². The maximum absolute atomic E-state index is 13.6. The Morgan fingerprint density at radius 3 is 2.52 bits per heavy atom. The minimum absolute atomic E-state index is 0.0243. The van der Waals surface area contributed by atoms with Crippen molar-refractivity contribution in [2.45, 2.75) is 20.0 Å². The molecule has 142 valence electrons. The minimum atomic E-state index is -1.11. The predicted octanol–water partition coefficient (Wildman–Crippen LogP) is 3.23. The highest BCUT2D eigenvalue weighted by Gasteiger charge is 2.23. The summed E-state index contributed by atoms with van der Waals surface area (Å²) in [6.45, 7) is 2.97. The van der Waals surface area contributed by atoms with Crippen LogP contribution in [0.3, 0.4) is 0 Å². The Morgan fingerprint density at radius 1 is 1.22 bits per heavy atom. The Labute approximate surface area is 154 Å². The summed E-state index contributed by atoms with van der Waals surface area (Å²) in [7, 11) is 1.15. The van der Waals surface area contributed by atoms with Crippen LogP contribution in [0.2, 0.25) is 0 Å². The van der Waals surface area contributed by atoms with E-state index in [-0.39, 0.29) is 17.0 Å². The second-order valence-corrected chi connectivity index (χ2v) is 5.64. The van der Waals surface area contributed by atoms with Crippen LogP contribution >= 0.6 is 0 Å². The van der Waals surface area contributed by atoms with Gasteiger partial charge in [-0.3, -0.25) is 14.9 Å². The van der Waals surface area contributed by atoms with Gasteiger partial charge in [-0.1, -0.05) is 6.07 Å². The lowest BCUT2D eigenvalue weighted by atomic mass is 10.2. The van der Waals surface area contributed by atoms with Crippen molar-refractivity contribution in [3.05, 3.63) is 63.5 Å². The molecule has 27 heavy (non-hydrogen) atoms. The number of carbonyl (C=O) groups is 2. The van der Waals surface area contributed by atoms with Gasteiger partial charge in [0.25, 0.3) is 5.91 Å². The molecule has 0 bridgehead atoms. The Hall–Kier alpha value is -3.49. The molecule has 0 saturated carbocycles. The summed E-state index contributed by atoms with van der Waals surface area (Å²) < 4.78 is 23.4. The lowest BCUT2D eigenvalue weighted by Crippen LogP contribution is -2.30. The molecule has 8 nitrogen and oxygen atoms in total. The van der Waals surface area contributed by atoms with E-state index in [1.54, 1.807) is 6.92 Å². The molecule has 0 heterocycles. The summed E-state index contributed by atoms with van der Waals surface area (Å²) >= 11 is 0. The monoisotopic (exact) mass is 376 g/mol. The average Bonchev–Trinajstić information content (AvgIpc) is 2.64. The summed E-state index contributed by atoms with van der Waals surface area (Å²) in [5, 5.41) is 13.7. The van der Waals surface area contributed by atoms with Gasteiger partial charge in [-0.2, -0.15) is 0 Å². The number of ether oxygens (including phenoxy) is 2. The molecule has 1 N–H and O–H groups in total. The quantitative estimate of drug-likeness (QED) is 0.471. The van der Waals surface area contributed by atoms with Gasteiger partial charge < -0.3 is 14.8 Å². The lowest BCUT2D eigenvalue weighted by molar-refractivity contribution is -0.386. The largest absolute Gasteiger partial charge is 0.474 e. The summed E-state index contributed by atoms with van der Waals surface area (Å²) in [6, 6.07) is 7.69. The first-order valence-corrected chi connectivity index (χ1v) is 7.83. The van der Waals surface area contributed by atoms with Gasteiger partial charge in [0.2, 0.25) is 0 Å². The number of nitro benzene ring substituents is 1. The van der Waals surface area contributed by atoms with Crippen molar-refractivity contribution in [2.24, 2.45) is 0 Å². The van der Waals surface area contributed by atoms with Crippen molar-refractivity contribution in [1.82, 2.24) is 0 Å². The van der Waals surface area contributed by atoms with Gasteiger partial charge in [0.05, 0.1) is 17.6 Å². The Morgan fingerprint density at radius 2 is 1.93 bits per heavy atom. The molecule has 2 rings (SSSR count). The molecular weight excluding hydrogens is 359 g/mol. The van der Waals surface area contributed by atoms with Crippen molar-refractivity contribution in [2.75, 3.05) is 12.4 Å². The number of nitrogens with zero attached hydrogens (tertiary/aromatic N) is 1. The second-order valence-electron chi connectivity index (χ2n) is 5.64. The number of nitrogens with one attached hydrogen (secondary N) is 1. The molecular formula is C18H17FN2O6. The van der Waals surface area contributed by atoms with Crippen molar-refractivity contribution < 1.29 is 28.4 Å². The second kappa shape index (κ2) is 8.26. The number of rotatable bonds is 6. The number of nitro groups is 1. The van der Waals surface area contributed by atoms with Crippen LogP contribution < -0.4 is 10.1 Å². The Kier molecular flexibility index (Phi) is 6.07. The number of hydrogen-bond donors (Lipinski definition) is 1. The molecule has 1 amide bonds. The number of methoxy groups -OCH3 is 1. The van der Waals surface area contributed by atoms with Crippen LogP contribution in [-0.2, 0) is 9.53 Å². The third-order valence-electron chi connectivity index (χ3n) is 3.69. The van der Waals surface area contributed by atoms with Gasteiger partial charge in [0.1, 0.15) is 5.82 Å². The van der Waals surface area contributed by atoms with Gasteiger partial charge in [-0.15, -0.1) is 0 Å².